The quantitative estimate of drug-likeness (QED) is 0.576. The summed E-state index contributed by atoms with van der Waals surface area (Å²) in [7, 11) is 0. The zero-order chi connectivity index (χ0) is 16.5. The molecule has 118 valence electrons. The fourth-order valence-corrected chi connectivity index (χ4v) is 3.17. The molecule has 0 amide bonds. The Morgan fingerprint density at radius 3 is 2.29 bits per heavy atom. The largest absolute Gasteiger partial charge is 0.507 e. The van der Waals surface area contributed by atoms with Gasteiger partial charge in [0, 0.05) is 0 Å². The van der Waals surface area contributed by atoms with E-state index in [9.17, 15) is 5.11 Å². The molecule has 3 heteroatoms. The van der Waals surface area contributed by atoms with E-state index in [1.807, 2.05) is 54.6 Å². The average Bonchev–Trinajstić information content (AvgIpc) is 3.01. The van der Waals surface area contributed by atoms with Crippen LogP contribution in [-0.4, -0.2) is 14.7 Å². The molecule has 0 bridgehead atoms. The van der Waals surface area contributed by atoms with E-state index >= 15 is 0 Å². The third-order valence-electron chi connectivity index (χ3n) is 4.41. The summed E-state index contributed by atoms with van der Waals surface area (Å²) in [5.41, 5.74) is 3.94. The first kappa shape index (κ1) is 14.5. The van der Waals surface area contributed by atoms with Crippen molar-refractivity contribution in [2.45, 2.75) is 13.0 Å². The van der Waals surface area contributed by atoms with Crippen molar-refractivity contribution in [1.29, 1.82) is 0 Å². The Morgan fingerprint density at radius 1 is 0.833 bits per heavy atom. The van der Waals surface area contributed by atoms with Gasteiger partial charge in [0.15, 0.2) is 0 Å². The molecule has 0 radical (unpaired) electrons. The van der Waals surface area contributed by atoms with Crippen LogP contribution in [0.3, 0.4) is 0 Å². The zero-order valence-corrected chi connectivity index (χ0v) is 13.4. The molecule has 1 aromatic heterocycles. The van der Waals surface area contributed by atoms with Gasteiger partial charge in [-0.15, -0.1) is 0 Å². The molecular formula is C21H18N2O. The fourth-order valence-electron chi connectivity index (χ4n) is 3.17. The highest BCUT2D eigenvalue weighted by atomic mass is 16.3. The van der Waals surface area contributed by atoms with Crippen molar-refractivity contribution in [3.05, 3.63) is 84.4 Å². The molecule has 0 fully saturated rings. The van der Waals surface area contributed by atoms with Crippen LogP contribution in [0.1, 0.15) is 18.5 Å². The summed E-state index contributed by atoms with van der Waals surface area (Å²) < 4.78 is 2.19. The van der Waals surface area contributed by atoms with Crippen LogP contribution in [0.25, 0.3) is 22.4 Å². The molecule has 1 N–H and O–H groups in total. The van der Waals surface area contributed by atoms with E-state index in [1.54, 1.807) is 6.07 Å². The van der Waals surface area contributed by atoms with Crippen molar-refractivity contribution in [3.63, 3.8) is 0 Å². The van der Waals surface area contributed by atoms with Crippen LogP contribution in [-0.2, 0) is 0 Å². The molecule has 0 spiro atoms. The van der Waals surface area contributed by atoms with E-state index in [0.717, 1.165) is 22.4 Å². The first-order chi connectivity index (χ1) is 11.8. The highest BCUT2D eigenvalue weighted by Gasteiger charge is 2.19. The summed E-state index contributed by atoms with van der Waals surface area (Å²) in [6, 6.07) is 25.9. The SMILES string of the molecule is CC(c1ccccc1)n1c(-c2ccccc2O)nc2ccccc21. The second-order valence-electron chi connectivity index (χ2n) is 5.90. The Labute approximate surface area is 140 Å². The fraction of sp³-hybridized carbons (Fsp3) is 0.0952. The lowest BCUT2D eigenvalue weighted by Crippen LogP contribution is -2.08. The molecular weight excluding hydrogens is 296 g/mol. The highest BCUT2D eigenvalue weighted by Crippen LogP contribution is 2.35. The summed E-state index contributed by atoms with van der Waals surface area (Å²) in [4.78, 5) is 4.79. The normalized spacial score (nSPS) is 12.4. The lowest BCUT2D eigenvalue weighted by Gasteiger charge is -2.18. The summed E-state index contributed by atoms with van der Waals surface area (Å²) in [5, 5.41) is 10.3. The lowest BCUT2D eigenvalue weighted by atomic mass is 10.1. The third kappa shape index (κ3) is 2.35. The van der Waals surface area contributed by atoms with Gasteiger partial charge in [-0.1, -0.05) is 54.6 Å². The summed E-state index contributed by atoms with van der Waals surface area (Å²) in [6.07, 6.45) is 0. The van der Waals surface area contributed by atoms with Crippen LogP contribution in [0.5, 0.6) is 5.75 Å². The molecule has 1 atom stereocenters. The number of nitrogens with zero attached hydrogens (tertiary/aromatic N) is 2. The number of rotatable bonds is 3. The Hall–Kier alpha value is -3.07. The van der Waals surface area contributed by atoms with Crippen LogP contribution in [0.4, 0.5) is 0 Å². The number of benzene rings is 3. The standard InChI is InChI=1S/C21H18N2O/c1-15(16-9-3-2-4-10-16)23-19-13-7-6-12-18(19)22-21(23)17-11-5-8-14-20(17)24/h2-15,24H,1H3. The number of aromatic hydroxyl groups is 1. The van der Waals surface area contributed by atoms with Crippen LogP contribution in [0.15, 0.2) is 78.9 Å². The van der Waals surface area contributed by atoms with Crippen molar-refractivity contribution in [3.8, 4) is 17.1 Å². The number of fused-ring (bicyclic) bond motifs is 1. The van der Waals surface area contributed by atoms with Gasteiger partial charge in [0.25, 0.3) is 0 Å². The minimum absolute atomic E-state index is 0.105. The van der Waals surface area contributed by atoms with E-state index in [2.05, 4.69) is 29.7 Å². The van der Waals surface area contributed by atoms with Crippen molar-refractivity contribution in [2.24, 2.45) is 0 Å². The van der Waals surface area contributed by atoms with Gasteiger partial charge in [0.1, 0.15) is 11.6 Å². The van der Waals surface area contributed by atoms with Gasteiger partial charge in [0.05, 0.1) is 22.6 Å². The molecule has 1 unspecified atom stereocenters. The van der Waals surface area contributed by atoms with Crippen LogP contribution in [0, 0.1) is 0 Å². The Balaban J connectivity index is 1.99. The molecule has 1 heterocycles. The topological polar surface area (TPSA) is 38.0 Å². The van der Waals surface area contributed by atoms with Crippen molar-refractivity contribution >= 4 is 11.0 Å². The Bertz CT molecular complexity index is 989. The Kier molecular flexibility index (Phi) is 3.54. The third-order valence-corrected chi connectivity index (χ3v) is 4.41. The van der Waals surface area contributed by atoms with E-state index in [1.165, 1.54) is 5.56 Å². The van der Waals surface area contributed by atoms with Gasteiger partial charge in [-0.3, -0.25) is 0 Å². The van der Waals surface area contributed by atoms with E-state index in [-0.39, 0.29) is 11.8 Å². The summed E-state index contributed by atoms with van der Waals surface area (Å²) in [6.45, 7) is 2.16. The lowest BCUT2D eigenvalue weighted by molar-refractivity contribution is 0.476. The maximum Gasteiger partial charge on any atom is 0.145 e. The average molecular weight is 314 g/mol. The number of aromatic nitrogens is 2. The number of phenolic OH excluding ortho intramolecular Hbond substituents is 1. The number of phenols is 1. The number of hydrogen-bond donors (Lipinski definition) is 1. The number of hydrogen-bond acceptors (Lipinski definition) is 2. The molecule has 0 saturated heterocycles. The van der Waals surface area contributed by atoms with Crippen LogP contribution >= 0.6 is 0 Å². The van der Waals surface area contributed by atoms with E-state index in [0.29, 0.717) is 0 Å². The molecule has 24 heavy (non-hydrogen) atoms. The smallest absolute Gasteiger partial charge is 0.145 e. The van der Waals surface area contributed by atoms with E-state index < -0.39 is 0 Å². The molecule has 0 aliphatic rings. The summed E-state index contributed by atoms with van der Waals surface area (Å²) in [5.74, 6) is 1.03. The number of imidazole rings is 1. The first-order valence-corrected chi connectivity index (χ1v) is 8.06. The second kappa shape index (κ2) is 5.85. The summed E-state index contributed by atoms with van der Waals surface area (Å²) >= 11 is 0. The van der Waals surface area contributed by atoms with Gasteiger partial charge >= 0.3 is 0 Å². The molecule has 4 rings (SSSR count). The predicted octanol–water partition coefficient (Wildman–Crippen LogP) is 5.02. The Morgan fingerprint density at radius 2 is 1.50 bits per heavy atom. The molecule has 0 aliphatic heterocycles. The van der Waals surface area contributed by atoms with Crippen LogP contribution in [0.2, 0.25) is 0 Å². The minimum atomic E-state index is 0.105. The maximum absolute atomic E-state index is 10.3. The van der Waals surface area contributed by atoms with Gasteiger partial charge in [-0.2, -0.15) is 0 Å². The molecule has 0 aliphatic carbocycles. The number of para-hydroxylation sites is 3. The minimum Gasteiger partial charge on any atom is -0.507 e. The monoisotopic (exact) mass is 314 g/mol. The van der Waals surface area contributed by atoms with Gasteiger partial charge in [-0.25, -0.2) is 4.98 Å². The van der Waals surface area contributed by atoms with Gasteiger partial charge < -0.3 is 9.67 Å². The highest BCUT2D eigenvalue weighted by molar-refractivity contribution is 5.82. The van der Waals surface area contributed by atoms with Gasteiger partial charge in [0.2, 0.25) is 0 Å². The van der Waals surface area contributed by atoms with E-state index in [4.69, 9.17) is 4.98 Å². The molecule has 0 saturated carbocycles. The first-order valence-electron chi connectivity index (χ1n) is 8.06. The zero-order valence-electron chi connectivity index (χ0n) is 13.4. The van der Waals surface area contributed by atoms with Gasteiger partial charge in [-0.05, 0) is 36.8 Å². The molecule has 3 nitrogen and oxygen atoms in total. The van der Waals surface area contributed by atoms with Crippen molar-refractivity contribution in [1.82, 2.24) is 9.55 Å². The molecule has 3 aromatic carbocycles. The maximum atomic E-state index is 10.3. The van der Waals surface area contributed by atoms with Crippen molar-refractivity contribution in [2.75, 3.05) is 0 Å². The second-order valence-corrected chi connectivity index (χ2v) is 5.90. The molecule has 4 aromatic rings. The van der Waals surface area contributed by atoms with Crippen molar-refractivity contribution < 1.29 is 5.11 Å². The van der Waals surface area contributed by atoms with Crippen LogP contribution < -0.4 is 0 Å². The predicted molar refractivity (Wildman–Crippen MR) is 97.1 cm³/mol.